The Kier molecular flexibility index (Phi) is 14.6. The van der Waals surface area contributed by atoms with Crippen LogP contribution in [0.2, 0.25) is 0 Å². The maximum absolute atomic E-state index is 10.5. The van der Waals surface area contributed by atoms with Crippen molar-refractivity contribution in [3.05, 3.63) is 0 Å². The molecule has 0 saturated heterocycles. The summed E-state index contributed by atoms with van der Waals surface area (Å²) in [5, 5.41) is 0. The number of rotatable bonds is 5. The summed E-state index contributed by atoms with van der Waals surface area (Å²) in [6.45, 7) is 0.137. The molecule has 0 aromatic carbocycles. The average molecular weight is 250 g/mol. The second-order valence-corrected chi connectivity index (χ2v) is 2.39. The van der Waals surface area contributed by atoms with Crippen LogP contribution < -0.4 is 51.4 Å². The number of hydrogen-bond donors (Lipinski definition) is 2. The van der Waals surface area contributed by atoms with E-state index in [2.05, 4.69) is 34.7 Å². The van der Waals surface area contributed by atoms with E-state index >= 15 is 0 Å². The van der Waals surface area contributed by atoms with E-state index in [1.54, 1.807) is 0 Å². The van der Waals surface area contributed by atoms with Crippen molar-refractivity contribution >= 4 is 37.2 Å². The van der Waals surface area contributed by atoms with Gasteiger partial charge < -0.3 is 10.9 Å². The Hall–Kier alpha value is 1.28. The third kappa shape index (κ3) is 11.2. The zero-order chi connectivity index (χ0) is 9.40. The van der Waals surface area contributed by atoms with Crippen LogP contribution in [0, 0.1) is 0 Å². The smallest absolute Gasteiger partial charge is 1.00 e. The van der Waals surface area contributed by atoms with Gasteiger partial charge in [0.05, 0.1) is 11.5 Å². The number of carbonyl (C=O) groups excluding carboxylic acids is 2. The van der Waals surface area contributed by atoms with Gasteiger partial charge in [-0.3, -0.25) is 9.59 Å². The molecule has 0 heterocycles. The van der Waals surface area contributed by atoms with E-state index in [0.29, 0.717) is 0 Å². The third-order valence-electron chi connectivity index (χ3n) is 0.868. The maximum Gasteiger partial charge on any atom is 1.00 e. The van der Waals surface area contributed by atoms with Crippen molar-refractivity contribution in [1.29, 1.82) is 0 Å². The summed E-state index contributed by atoms with van der Waals surface area (Å²) in [4.78, 5) is 20.9. The third-order valence-corrected chi connectivity index (χ3v) is 1.38. The van der Waals surface area contributed by atoms with Crippen LogP contribution in [0.3, 0.4) is 0 Å². The fourth-order valence-electron chi connectivity index (χ4n) is 0.402. The molecule has 72 valence electrons. The Morgan fingerprint density at radius 3 is 1.54 bits per heavy atom. The largest absolute Gasteiger partial charge is 1.00 e. The van der Waals surface area contributed by atoms with Gasteiger partial charge in [0, 0.05) is 0 Å². The molecular formula is C6H11KO4S2. The van der Waals surface area contributed by atoms with E-state index in [9.17, 15) is 9.59 Å². The van der Waals surface area contributed by atoms with E-state index < -0.39 is 11.9 Å². The van der Waals surface area contributed by atoms with Crippen LogP contribution in [-0.4, -0.2) is 36.7 Å². The standard InChI is InChI=1S/C6H10O4S2.K.H/c7-5(3-11)9-1-2-10-6(8)4-12;;/h11-12H,1-4H2;;/q;+1;-1. The molecule has 0 rings (SSSR count). The summed E-state index contributed by atoms with van der Waals surface area (Å²) in [5.74, 6) is -0.804. The van der Waals surface area contributed by atoms with Crippen molar-refractivity contribution < 1.29 is 71.9 Å². The predicted octanol–water partition coefficient (Wildman–Crippen LogP) is -2.95. The molecule has 0 bridgehead atoms. The van der Waals surface area contributed by atoms with Crippen molar-refractivity contribution in [3.63, 3.8) is 0 Å². The second kappa shape index (κ2) is 11.4. The summed E-state index contributed by atoms with van der Waals surface area (Å²) in [7, 11) is 0. The number of thiol groups is 2. The monoisotopic (exact) mass is 250 g/mol. The minimum absolute atomic E-state index is 0. The Bertz CT molecular complexity index is 152. The van der Waals surface area contributed by atoms with Crippen LogP contribution in [0.1, 0.15) is 1.43 Å². The number of carbonyl (C=O) groups is 2. The quantitative estimate of drug-likeness (QED) is 0.237. The van der Waals surface area contributed by atoms with Crippen LogP contribution >= 0.6 is 25.3 Å². The van der Waals surface area contributed by atoms with Crippen molar-refractivity contribution in [3.8, 4) is 0 Å². The molecule has 0 atom stereocenters. The van der Waals surface area contributed by atoms with E-state index in [1.807, 2.05) is 0 Å². The molecule has 0 spiro atoms. The topological polar surface area (TPSA) is 52.6 Å². The molecule has 0 aromatic rings. The molecule has 0 N–H and O–H groups in total. The molecule has 0 unspecified atom stereocenters. The predicted molar refractivity (Wildman–Crippen MR) is 50.7 cm³/mol. The minimum atomic E-state index is -0.430. The van der Waals surface area contributed by atoms with Gasteiger partial charge in [-0.2, -0.15) is 25.3 Å². The first kappa shape index (κ1) is 16.7. The van der Waals surface area contributed by atoms with Crippen molar-refractivity contribution in [2.45, 2.75) is 0 Å². The Morgan fingerprint density at radius 1 is 1.00 bits per heavy atom. The van der Waals surface area contributed by atoms with Gasteiger partial charge in [-0.05, 0) is 0 Å². The maximum atomic E-state index is 10.5. The minimum Gasteiger partial charge on any atom is -1.00 e. The van der Waals surface area contributed by atoms with E-state index in [0.717, 1.165) is 0 Å². The van der Waals surface area contributed by atoms with Gasteiger partial charge in [-0.1, -0.05) is 0 Å². The summed E-state index contributed by atoms with van der Waals surface area (Å²) in [6, 6.07) is 0. The molecule has 0 aromatic heterocycles. The summed E-state index contributed by atoms with van der Waals surface area (Å²) < 4.78 is 9.14. The fourth-order valence-corrected chi connectivity index (χ4v) is 0.585. The van der Waals surface area contributed by atoms with Gasteiger partial charge in [-0.15, -0.1) is 0 Å². The van der Waals surface area contributed by atoms with Crippen molar-refractivity contribution in [2.24, 2.45) is 0 Å². The fraction of sp³-hybridized carbons (Fsp3) is 0.667. The zero-order valence-electron chi connectivity index (χ0n) is 8.36. The molecule has 0 saturated carbocycles. The molecule has 0 fully saturated rings. The van der Waals surface area contributed by atoms with Crippen LogP contribution in [0.5, 0.6) is 0 Å². The first-order chi connectivity index (χ1) is 5.70. The molecule has 0 aliphatic carbocycles. The Labute approximate surface area is 132 Å². The first-order valence-corrected chi connectivity index (χ1v) is 4.50. The SMILES string of the molecule is O=C(CS)OCCOC(=O)CS.[H-].[K+]. The van der Waals surface area contributed by atoms with Gasteiger partial charge in [-0.25, -0.2) is 0 Å². The molecule has 0 aliphatic heterocycles. The van der Waals surface area contributed by atoms with Gasteiger partial charge in [0.25, 0.3) is 0 Å². The van der Waals surface area contributed by atoms with Gasteiger partial charge >= 0.3 is 63.3 Å². The zero-order valence-corrected chi connectivity index (χ0v) is 12.3. The van der Waals surface area contributed by atoms with Crippen LogP contribution in [0.25, 0.3) is 0 Å². The Balaban J connectivity index is -0.000000605. The normalized spacial score (nSPS) is 8.46. The van der Waals surface area contributed by atoms with Gasteiger partial charge in [0.1, 0.15) is 13.2 Å². The molecular weight excluding hydrogens is 239 g/mol. The van der Waals surface area contributed by atoms with Crippen LogP contribution in [0.4, 0.5) is 0 Å². The van der Waals surface area contributed by atoms with E-state index in [-0.39, 0.29) is 77.5 Å². The van der Waals surface area contributed by atoms with Crippen molar-refractivity contribution in [2.75, 3.05) is 24.7 Å². The molecule has 13 heavy (non-hydrogen) atoms. The summed E-state index contributed by atoms with van der Waals surface area (Å²) >= 11 is 7.36. The summed E-state index contributed by atoms with van der Waals surface area (Å²) in [6.07, 6.45) is 0. The number of esters is 2. The second-order valence-electron chi connectivity index (χ2n) is 1.76. The summed E-state index contributed by atoms with van der Waals surface area (Å²) in [5.41, 5.74) is 0. The number of hydrogen-bond acceptors (Lipinski definition) is 6. The molecule has 7 heteroatoms. The van der Waals surface area contributed by atoms with Gasteiger partial charge in [0.2, 0.25) is 0 Å². The molecule has 4 nitrogen and oxygen atoms in total. The molecule has 0 radical (unpaired) electrons. The molecule has 0 amide bonds. The molecule has 0 aliphatic rings. The Morgan fingerprint density at radius 2 is 1.31 bits per heavy atom. The number of ether oxygens (including phenoxy) is 2. The van der Waals surface area contributed by atoms with Gasteiger partial charge in [0.15, 0.2) is 0 Å². The van der Waals surface area contributed by atoms with E-state index in [4.69, 9.17) is 0 Å². The van der Waals surface area contributed by atoms with Crippen LogP contribution in [0.15, 0.2) is 0 Å². The van der Waals surface area contributed by atoms with Crippen molar-refractivity contribution in [1.82, 2.24) is 0 Å². The average Bonchev–Trinajstić information content (AvgIpc) is 2.11. The van der Waals surface area contributed by atoms with E-state index in [1.165, 1.54) is 0 Å². The first-order valence-electron chi connectivity index (χ1n) is 3.23. The van der Waals surface area contributed by atoms with Crippen LogP contribution in [-0.2, 0) is 19.1 Å².